The zero-order valence-electron chi connectivity index (χ0n) is 19.2. The standard InChI is InChI=1S/C20H38N6O6/c1-10(2)15(23)18(29)26-16(11(3)4)19(30)25-13(9-14(22)27)17(28)24-12(20(31)32)7-5-6-8-21/h10-13,15-16H,5-9,21,23H2,1-4H3,(H2,22,27)(H,24,28)(H,25,30)(H,26,29)(H,31,32). The molecule has 0 aromatic rings. The van der Waals surface area contributed by atoms with Gasteiger partial charge in [0.15, 0.2) is 0 Å². The molecule has 0 saturated heterocycles. The van der Waals surface area contributed by atoms with Gasteiger partial charge in [0.1, 0.15) is 18.1 Å². The highest BCUT2D eigenvalue weighted by Crippen LogP contribution is 2.07. The number of nitrogens with one attached hydrogen (secondary N) is 3. The van der Waals surface area contributed by atoms with Crippen molar-refractivity contribution in [2.24, 2.45) is 29.0 Å². The number of unbranched alkanes of at least 4 members (excludes halogenated alkanes) is 1. The molecule has 0 aliphatic heterocycles. The molecule has 12 heteroatoms. The Balaban J connectivity index is 5.41. The van der Waals surface area contributed by atoms with Gasteiger partial charge in [0.25, 0.3) is 0 Å². The van der Waals surface area contributed by atoms with Gasteiger partial charge in [-0.15, -0.1) is 0 Å². The van der Waals surface area contributed by atoms with Crippen molar-refractivity contribution in [3.63, 3.8) is 0 Å². The molecule has 0 aromatic heterocycles. The first kappa shape index (κ1) is 29.3. The smallest absolute Gasteiger partial charge is 0.326 e. The van der Waals surface area contributed by atoms with Crippen LogP contribution in [0.4, 0.5) is 0 Å². The summed E-state index contributed by atoms with van der Waals surface area (Å²) in [5.41, 5.74) is 16.4. The third-order valence-electron chi connectivity index (χ3n) is 4.87. The predicted molar refractivity (Wildman–Crippen MR) is 118 cm³/mol. The molecule has 0 saturated carbocycles. The Morgan fingerprint density at radius 3 is 1.81 bits per heavy atom. The molecule has 0 aromatic carbocycles. The van der Waals surface area contributed by atoms with Crippen LogP contribution in [0.1, 0.15) is 53.4 Å². The van der Waals surface area contributed by atoms with Gasteiger partial charge in [0.2, 0.25) is 23.6 Å². The largest absolute Gasteiger partial charge is 0.480 e. The number of carbonyl (C=O) groups excluding carboxylic acids is 4. The average molecular weight is 459 g/mol. The monoisotopic (exact) mass is 458 g/mol. The molecule has 184 valence electrons. The number of carboxylic acid groups (broad SMARTS) is 1. The van der Waals surface area contributed by atoms with Gasteiger partial charge in [-0.3, -0.25) is 19.2 Å². The van der Waals surface area contributed by atoms with Crippen LogP contribution in [0.15, 0.2) is 0 Å². The van der Waals surface area contributed by atoms with Crippen LogP contribution >= 0.6 is 0 Å². The van der Waals surface area contributed by atoms with Gasteiger partial charge >= 0.3 is 5.97 Å². The van der Waals surface area contributed by atoms with Gasteiger partial charge < -0.3 is 38.3 Å². The first-order valence-electron chi connectivity index (χ1n) is 10.7. The molecule has 12 nitrogen and oxygen atoms in total. The number of hydrogen-bond acceptors (Lipinski definition) is 7. The van der Waals surface area contributed by atoms with Crippen LogP contribution in [-0.4, -0.2) is 65.4 Å². The Morgan fingerprint density at radius 1 is 0.812 bits per heavy atom. The second kappa shape index (κ2) is 14.4. The number of hydrogen-bond donors (Lipinski definition) is 7. The van der Waals surface area contributed by atoms with Gasteiger partial charge in [-0.2, -0.15) is 0 Å². The Bertz CT molecular complexity index is 669. The number of carboxylic acids is 1. The fraction of sp³-hybridized carbons (Fsp3) is 0.750. The van der Waals surface area contributed by atoms with Crippen molar-refractivity contribution in [2.45, 2.75) is 77.5 Å². The molecule has 0 spiro atoms. The first-order valence-corrected chi connectivity index (χ1v) is 10.7. The summed E-state index contributed by atoms with van der Waals surface area (Å²) in [5.74, 6) is -4.77. The highest BCUT2D eigenvalue weighted by atomic mass is 16.4. The van der Waals surface area contributed by atoms with Gasteiger partial charge in [-0.05, 0) is 37.6 Å². The summed E-state index contributed by atoms with van der Waals surface area (Å²) in [7, 11) is 0. The maximum Gasteiger partial charge on any atom is 0.326 e. The van der Waals surface area contributed by atoms with E-state index in [0.29, 0.717) is 19.4 Å². The van der Waals surface area contributed by atoms with Crippen molar-refractivity contribution < 1.29 is 29.1 Å². The Hall–Kier alpha value is -2.73. The minimum atomic E-state index is -1.41. The van der Waals surface area contributed by atoms with E-state index in [1.807, 2.05) is 0 Å². The van der Waals surface area contributed by atoms with E-state index in [1.165, 1.54) is 0 Å². The molecule has 0 radical (unpaired) electrons. The zero-order valence-corrected chi connectivity index (χ0v) is 19.2. The van der Waals surface area contributed by atoms with E-state index in [1.54, 1.807) is 27.7 Å². The van der Waals surface area contributed by atoms with E-state index in [-0.39, 0.29) is 18.3 Å². The van der Waals surface area contributed by atoms with Crippen molar-refractivity contribution in [3.8, 4) is 0 Å². The lowest BCUT2D eigenvalue weighted by Crippen LogP contribution is -2.59. The van der Waals surface area contributed by atoms with E-state index in [9.17, 15) is 29.1 Å². The van der Waals surface area contributed by atoms with Crippen molar-refractivity contribution in [2.75, 3.05) is 6.54 Å². The van der Waals surface area contributed by atoms with Crippen LogP contribution in [0.25, 0.3) is 0 Å². The van der Waals surface area contributed by atoms with Crippen LogP contribution < -0.4 is 33.2 Å². The van der Waals surface area contributed by atoms with Crippen LogP contribution in [0, 0.1) is 11.8 Å². The minimum absolute atomic E-state index is 0.132. The third-order valence-corrected chi connectivity index (χ3v) is 4.87. The Morgan fingerprint density at radius 2 is 1.38 bits per heavy atom. The lowest BCUT2D eigenvalue weighted by molar-refractivity contribution is -0.142. The second-order valence-corrected chi connectivity index (χ2v) is 8.42. The SMILES string of the molecule is CC(C)C(N)C(=O)NC(C(=O)NC(CC(N)=O)C(=O)NC(CCCCN)C(=O)O)C(C)C. The van der Waals surface area contributed by atoms with Crippen molar-refractivity contribution in [1.82, 2.24) is 16.0 Å². The van der Waals surface area contributed by atoms with E-state index in [4.69, 9.17) is 17.2 Å². The molecule has 0 fully saturated rings. The van der Waals surface area contributed by atoms with Crippen molar-refractivity contribution in [1.29, 1.82) is 0 Å². The molecule has 0 heterocycles. The lowest BCUT2D eigenvalue weighted by Gasteiger charge is -2.27. The summed E-state index contributed by atoms with van der Waals surface area (Å²) in [4.78, 5) is 60.7. The molecule has 0 bridgehead atoms. The van der Waals surface area contributed by atoms with E-state index in [0.717, 1.165) is 0 Å². The van der Waals surface area contributed by atoms with Crippen LogP contribution in [0.2, 0.25) is 0 Å². The number of nitrogens with two attached hydrogens (primary N) is 3. The average Bonchev–Trinajstić information content (AvgIpc) is 2.68. The zero-order chi connectivity index (χ0) is 25.0. The number of amides is 4. The normalized spacial score (nSPS) is 14.9. The molecule has 10 N–H and O–H groups in total. The molecule has 0 aliphatic carbocycles. The molecule has 32 heavy (non-hydrogen) atoms. The van der Waals surface area contributed by atoms with E-state index >= 15 is 0 Å². The maximum atomic E-state index is 12.8. The summed E-state index contributed by atoms with van der Waals surface area (Å²) < 4.78 is 0. The van der Waals surface area contributed by atoms with Gasteiger partial charge in [-0.25, -0.2) is 4.79 Å². The lowest BCUT2D eigenvalue weighted by atomic mass is 9.99. The van der Waals surface area contributed by atoms with Crippen LogP contribution in [0.5, 0.6) is 0 Å². The highest BCUT2D eigenvalue weighted by molar-refractivity contribution is 5.96. The van der Waals surface area contributed by atoms with E-state index < -0.39 is 60.2 Å². The van der Waals surface area contributed by atoms with E-state index in [2.05, 4.69) is 16.0 Å². The Labute approximate surface area is 188 Å². The number of aliphatic carboxylic acids is 1. The quantitative estimate of drug-likeness (QED) is 0.138. The molecular formula is C20H38N6O6. The molecule has 4 unspecified atom stereocenters. The molecule has 0 aliphatic rings. The maximum absolute atomic E-state index is 12.8. The van der Waals surface area contributed by atoms with Crippen molar-refractivity contribution >= 4 is 29.6 Å². The fourth-order valence-electron chi connectivity index (χ4n) is 2.78. The molecular weight excluding hydrogens is 420 g/mol. The summed E-state index contributed by atoms with van der Waals surface area (Å²) in [6.07, 6.45) is 0.637. The van der Waals surface area contributed by atoms with Gasteiger partial charge in [0.05, 0.1) is 12.5 Å². The molecule has 4 atom stereocenters. The Kier molecular flexibility index (Phi) is 13.1. The number of primary amides is 1. The number of rotatable bonds is 15. The summed E-state index contributed by atoms with van der Waals surface area (Å²) >= 11 is 0. The van der Waals surface area contributed by atoms with Gasteiger partial charge in [-0.1, -0.05) is 27.7 Å². The third kappa shape index (κ3) is 10.5. The van der Waals surface area contributed by atoms with Crippen molar-refractivity contribution in [3.05, 3.63) is 0 Å². The van der Waals surface area contributed by atoms with Crippen LogP contribution in [-0.2, 0) is 24.0 Å². The minimum Gasteiger partial charge on any atom is -0.480 e. The summed E-state index contributed by atoms with van der Waals surface area (Å²) in [6, 6.07) is -4.49. The highest BCUT2D eigenvalue weighted by Gasteiger charge is 2.32. The second-order valence-electron chi connectivity index (χ2n) is 8.42. The molecule has 0 rings (SSSR count). The van der Waals surface area contributed by atoms with Crippen LogP contribution in [0.3, 0.4) is 0 Å². The first-order chi connectivity index (χ1) is 14.8. The topological polar surface area (TPSA) is 220 Å². The fourth-order valence-corrected chi connectivity index (χ4v) is 2.78. The summed E-state index contributed by atoms with van der Waals surface area (Å²) in [5, 5.41) is 16.6. The summed E-state index contributed by atoms with van der Waals surface area (Å²) in [6.45, 7) is 7.27. The molecule has 4 amide bonds. The predicted octanol–water partition coefficient (Wildman–Crippen LogP) is -1.83. The van der Waals surface area contributed by atoms with Gasteiger partial charge in [0, 0.05) is 0 Å². The number of carbonyl (C=O) groups is 5.